The lowest BCUT2D eigenvalue weighted by molar-refractivity contribution is -0.119. The standard InChI is InChI=1S/C19H15N3O2S/c1-12-8-9-25-16(12)10-20-21-17(23)11-22-15-7-3-5-13-4-2-6-14(18(13)15)19(22)24/h2-10H,11H2,1H3,(H,21,23)/b20-10+. The number of rotatable bonds is 4. The highest BCUT2D eigenvalue weighted by atomic mass is 32.1. The number of hydrogen-bond donors (Lipinski definition) is 1. The molecule has 2 amide bonds. The van der Waals surface area contributed by atoms with E-state index in [-0.39, 0.29) is 18.4 Å². The molecule has 0 spiro atoms. The lowest BCUT2D eigenvalue weighted by Crippen LogP contribution is -2.37. The van der Waals surface area contributed by atoms with Gasteiger partial charge >= 0.3 is 0 Å². The van der Waals surface area contributed by atoms with Crippen LogP contribution in [-0.2, 0) is 4.79 Å². The van der Waals surface area contributed by atoms with Gasteiger partial charge in [-0.05, 0) is 41.5 Å². The van der Waals surface area contributed by atoms with Crippen LogP contribution in [0.4, 0.5) is 5.69 Å². The maximum Gasteiger partial charge on any atom is 0.260 e. The van der Waals surface area contributed by atoms with Gasteiger partial charge in [0, 0.05) is 15.8 Å². The predicted molar refractivity (Wildman–Crippen MR) is 100 cm³/mol. The fraction of sp³-hybridized carbons (Fsp3) is 0.105. The molecule has 4 rings (SSSR count). The molecule has 0 atom stereocenters. The van der Waals surface area contributed by atoms with Gasteiger partial charge in [-0.2, -0.15) is 5.10 Å². The molecule has 5 nitrogen and oxygen atoms in total. The second-order valence-electron chi connectivity index (χ2n) is 5.83. The van der Waals surface area contributed by atoms with Crippen LogP contribution in [0, 0.1) is 6.92 Å². The topological polar surface area (TPSA) is 61.8 Å². The fourth-order valence-corrected chi connectivity index (χ4v) is 3.78. The van der Waals surface area contributed by atoms with Crippen molar-refractivity contribution < 1.29 is 9.59 Å². The van der Waals surface area contributed by atoms with Crippen molar-refractivity contribution in [1.82, 2.24) is 5.43 Å². The zero-order chi connectivity index (χ0) is 17.4. The molecule has 0 saturated heterocycles. The van der Waals surface area contributed by atoms with Gasteiger partial charge in [-0.25, -0.2) is 5.43 Å². The Morgan fingerprint density at radius 3 is 2.80 bits per heavy atom. The van der Waals surface area contributed by atoms with Crippen LogP contribution < -0.4 is 10.3 Å². The van der Waals surface area contributed by atoms with E-state index in [9.17, 15) is 9.59 Å². The quantitative estimate of drug-likeness (QED) is 0.580. The monoisotopic (exact) mass is 349 g/mol. The normalized spacial score (nSPS) is 13.2. The number of aryl methyl sites for hydroxylation is 1. The maximum atomic E-state index is 12.6. The summed E-state index contributed by atoms with van der Waals surface area (Å²) in [7, 11) is 0. The number of hydrazone groups is 1. The van der Waals surface area contributed by atoms with E-state index in [2.05, 4.69) is 10.5 Å². The lowest BCUT2D eigenvalue weighted by Gasteiger charge is -2.16. The molecule has 6 heteroatoms. The SMILES string of the molecule is Cc1ccsc1/C=N/NC(=O)CN1C(=O)c2cccc3cccc1c23. The van der Waals surface area contributed by atoms with Gasteiger partial charge < -0.3 is 0 Å². The van der Waals surface area contributed by atoms with Crippen molar-refractivity contribution in [2.45, 2.75) is 6.92 Å². The van der Waals surface area contributed by atoms with Crippen molar-refractivity contribution in [2.75, 3.05) is 11.4 Å². The van der Waals surface area contributed by atoms with Gasteiger partial charge in [0.05, 0.1) is 11.9 Å². The van der Waals surface area contributed by atoms with Crippen LogP contribution in [-0.4, -0.2) is 24.6 Å². The molecule has 25 heavy (non-hydrogen) atoms. The van der Waals surface area contributed by atoms with Crippen LogP contribution in [0.5, 0.6) is 0 Å². The molecule has 3 aromatic rings. The first kappa shape index (κ1) is 15.5. The van der Waals surface area contributed by atoms with E-state index in [1.165, 1.54) is 4.90 Å². The Balaban J connectivity index is 1.51. The molecule has 0 unspecified atom stereocenters. The smallest absolute Gasteiger partial charge is 0.260 e. The van der Waals surface area contributed by atoms with Crippen LogP contribution in [0.2, 0.25) is 0 Å². The maximum absolute atomic E-state index is 12.6. The van der Waals surface area contributed by atoms with Crippen molar-refractivity contribution in [3.63, 3.8) is 0 Å². The van der Waals surface area contributed by atoms with E-state index in [1.807, 2.05) is 48.7 Å². The number of carbonyl (C=O) groups is 2. The van der Waals surface area contributed by atoms with Crippen LogP contribution >= 0.6 is 11.3 Å². The zero-order valence-corrected chi connectivity index (χ0v) is 14.3. The van der Waals surface area contributed by atoms with Crippen molar-refractivity contribution in [2.24, 2.45) is 5.10 Å². The summed E-state index contributed by atoms with van der Waals surface area (Å²) in [6.45, 7) is 1.92. The van der Waals surface area contributed by atoms with Gasteiger partial charge in [0.25, 0.3) is 11.8 Å². The summed E-state index contributed by atoms with van der Waals surface area (Å²) in [4.78, 5) is 27.3. The Bertz CT molecular complexity index is 1020. The minimum atomic E-state index is -0.330. The van der Waals surface area contributed by atoms with Crippen molar-refractivity contribution >= 4 is 45.8 Å². The highest BCUT2D eigenvalue weighted by molar-refractivity contribution is 7.11. The molecule has 1 aromatic heterocycles. The van der Waals surface area contributed by atoms with Crippen molar-refractivity contribution in [3.8, 4) is 0 Å². The summed E-state index contributed by atoms with van der Waals surface area (Å²) in [5, 5.41) is 7.86. The minimum Gasteiger partial charge on any atom is -0.298 e. The van der Waals surface area contributed by atoms with E-state index >= 15 is 0 Å². The second kappa shape index (κ2) is 6.14. The Hall–Kier alpha value is -2.99. The molecule has 0 saturated carbocycles. The number of amides is 2. The number of thiophene rings is 1. The third-order valence-electron chi connectivity index (χ3n) is 4.22. The van der Waals surface area contributed by atoms with Gasteiger partial charge in [0.2, 0.25) is 0 Å². The number of anilines is 1. The minimum absolute atomic E-state index is 0.0621. The Morgan fingerprint density at radius 1 is 1.24 bits per heavy atom. The van der Waals surface area contributed by atoms with Gasteiger partial charge in [-0.3, -0.25) is 14.5 Å². The molecule has 0 aliphatic carbocycles. The summed E-state index contributed by atoms with van der Waals surface area (Å²) in [5.74, 6) is -0.483. The van der Waals surface area contributed by atoms with Crippen molar-refractivity contribution in [3.05, 3.63) is 63.8 Å². The largest absolute Gasteiger partial charge is 0.298 e. The average molecular weight is 349 g/mol. The van der Waals surface area contributed by atoms with Gasteiger partial charge in [-0.1, -0.05) is 24.3 Å². The number of benzene rings is 2. The molecular weight excluding hydrogens is 334 g/mol. The molecule has 2 aromatic carbocycles. The highest BCUT2D eigenvalue weighted by Gasteiger charge is 2.30. The molecule has 0 fully saturated rings. The summed E-state index contributed by atoms with van der Waals surface area (Å²) >= 11 is 1.56. The van der Waals surface area contributed by atoms with Crippen LogP contribution in [0.25, 0.3) is 10.8 Å². The number of nitrogens with one attached hydrogen (secondary N) is 1. The molecule has 1 aliphatic rings. The second-order valence-corrected chi connectivity index (χ2v) is 6.78. The van der Waals surface area contributed by atoms with E-state index in [0.717, 1.165) is 26.9 Å². The van der Waals surface area contributed by atoms with Gasteiger partial charge in [0.15, 0.2) is 0 Å². The number of nitrogens with zero attached hydrogens (tertiary/aromatic N) is 2. The number of carbonyl (C=O) groups excluding carboxylic acids is 2. The first-order valence-corrected chi connectivity index (χ1v) is 8.73. The first-order valence-electron chi connectivity index (χ1n) is 7.85. The highest BCUT2D eigenvalue weighted by Crippen LogP contribution is 2.36. The van der Waals surface area contributed by atoms with Crippen molar-refractivity contribution in [1.29, 1.82) is 0 Å². The van der Waals surface area contributed by atoms with E-state index in [1.54, 1.807) is 23.6 Å². The molecule has 124 valence electrons. The Kier molecular flexibility index (Phi) is 3.82. The third kappa shape index (κ3) is 2.70. The molecule has 2 heterocycles. The van der Waals surface area contributed by atoms with E-state index in [4.69, 9.17) is 0 Å². The Morgan fingerprint density at radius 2 is 2.04 bits per heavy atom. The Labute approximate surface area is 148 Å². The van der Waals surface area contributed by atoms with Crippen LogP contribution in [0.3, 0.4) is 0 Å². The average Bonchev–Trinajstić information content (AvgIpc) is 3.14. The summed E-state index contributed by atoms with van der Waals surface area (Å²) in [6.07, 6.45) is 1.62. The summed E-state index contributed by atoms with van der Waals surface area (Å²) in [5.41, 5.74) is 5.02. The van der Waals surface area contributed by atoms with E-state index in [0.29, 0.717) is 5.56 Å². The van der Waals surface area contributed by atoms with E-state index < -0.39 is 0 Å². The van der Waals surface area contributed by atoms with Crippen LogP contribution in [0.1, 0.15) is 20.8 Å². The molecule has 1 aliphatic heterocycles. The van der Waals surface area contributed by atoms with Crippen LogP contribution in [0.15, 0.2) is 52.9 Å². The zero-order valence-electron chi connectivity index (χ0n) is 13.5. The third-order valence-corrected chi connectivity index (χ3v) is 5.18. The lowest BCUT2D eigenvalue weighted by atomic mass is 10.1. The first-order chi connectivity index (χ1) is 12.1. The molecular formula is C19H15N3O2S. The molecule has 0 radical (unpaired) electrons. The number of hydrogen-bond acceptors (Lipinski definition) is 4. The van der Waals surface area contributed by atoms with Gasteiger partial charge in [0.1, 0.15) is 6.54 Å². The van der Waals surface area contributed by atoms with Gasteiger partial charge in [-0.15, -0.1) is 11.3 Å². The molecule has 1 N–H and O–H groups in total. The predicted octanol–water partition coefficient (Wildman–Crippen LogP) is 3.32. The summed E-state index contributed by atoms with van der Waals surface area (Å²) in [6, 6.07) is 13.3. The fourth-order valence-electron chi connectivity index (χ4n) is 2.99. The summed E-state index contributed by atoms with van der Waals surface area (Å²) < 4.78 is 0. The molecule has 0 bridgehead atoms.